The minimum atomic E-state index is 0.265. The van der Waals surface area contributed by atoms with Gasteiger partial charge in [-0.3, -0.25) is 4.79 Å². The molecule has 3 rings (SSSR count). The van der Waals surface area contributed by atoms with Gasteiger partial charge in [0.2, 0.25) is 5.91 Å². The number of likely N-dealkylation sites (tertiary alicyclic amines) is 1. The van der Waals surface area contributed by atoms with Gasteiger partial charge < -0.3 is 15.5 Å². The van der Waals surface area contributed by atoms with Crippen molar-refractivity contribution < 1.29 is 4.79 Å². The number of piperidine rings is 3. The van der Waals surface area contributed by atoms with Crippen molar-refractivity contribution in [2.75, 3.05) is 32.7 Å². The molecule has 18 heavy (non-hydrogen) atoms. The molecule has 3 saturated heterocycles. The molecule has 3 aliphatic rings. The number of hydrogen-bond donors (Lipinski definition) is 2. The Labute approximate surface area is 109 Å². The van der Waals surface area contributed by atoms with E-state index in [2.05, 4.69) is 15.5 Å². The van der Waals surface area contributed by atoms with Gasteiger partial charge in [-0.05, 0) is 50.6 Å². The van der Waals surface area contributed by atoms with Crippen molar-refractivity contribution in [3.05, 3.63) is 0 Å². The van der Waals surface area contributed by atoms with Crippen LogP contribution in [0.3, 0.4) is 0 Å². The van der Waals surface area contributed by atoms with Crippen LogP contribution < -0.4 is 10.6 Å². The van der Waals surface area contributed by atoms with Crippen LogP contribution in [0, 0.1) is 11.8 Å². The molecule has 0 saturated carbocycles. The van der Waals surface area contributed by atoms with E-state index in [1.165, 1.54) is 39.0 Å². The van der Waals surface area contributed by atoms with Crippen LogP contribution >= 0.6 is 0 Å². The number of nitrogens with one attached hydrogen (secondary N) is 2. The summed E-state index contributed by atoms with van der Waals surface area (Å²) in [5.74, 6) is 1.81. The van der Waals surface area contributed by atoms with Gasteiger partial charge in [0.1, 0.15) is 0 Å². The molecule has 3 aliphatic heterocycles. The van der Waals surface area contributed by atoms with Crippen LogP contribution in [0.25, 0.3) is 0 Å². The first-order chi connectivity index (χ1) is 8.81. The molecule has 3 fully saturated rings. The topological polar surface area (TPSA) is 44.4 Å². The van der Waals surface area contributed by atoms with Crippen molar-refractivity contribution in [1.82, 2.24) is 15.5 Å². The third-order valence-corrected chi connectivity index (χ3v) is 4.82. The minimum absolute atomic E-state index is 0.265. The highest BCUT2D eigenvalue weighted by Crippen LogP contribution is 2.26. The fraction of sp³-hybridized carbons (Fsp3) is 0.929. The third kappa shape index (κ3) is 2.86. The molecule has 3 atom stereocenters. The van der Waals surface area contributed by atoms with Crippen molar-refractivity contribution in [3.63, 3.8) is 0 Å². The fourth-order valence-electron chi connectivity index (χ4n) is 3.80. The van der Waals surface area contributed by atoms with Crippen LogP contribution in [0.5, 0.6) is 0 Å². The van der Waals surface area contributed by atoms with E-state index in [0.29, 0.717) is 12.0 Å². The quantitative estimate of drug-likeness (QED) is 0.755. The summed E-state index contributed by atoms with van der Waals surface area (Å²) in [4.78, 5) is 14.0. The van der Waals surface area contributed by atoms with E-state index in [1.807, 2.05) is 0 Å². The summed E-state index contributed by atoms with van der Waals surface area (Å²) in [5.41, 5.74) is 0. The average Bonchev–Trinajstić information content (AvgIpc) is 2.40. The van der Waals surface area contributed by atoms with Gasteiger partial charge in [-0.1, -0.05) is 0 Å². The first-order valence-electron chi connectivity index (χ1n) is 7.53. The summed E-state index contributed by atoms with van der Waals surface area (Å²) in [6.07, 6.45) is 5.70. The van der Waals surface area contributed by atoms with Crippen molar-refractivity contribution in [2.24, 2.45) is 11.8 Å². The Morgan fingerprint density at radius 1 is 1.28 bits per heavy atom. The largest absolute Gasteiger partial charge is 0.353 e. The lowest BCUT2D eigenvalue weighted by atomic mass is 9.84. The molecule has 1 amide bonds. The molecule has 0 aliphatic carbocycles. The molecule has 3 unspecified atom stereocenters. The van der Waals surface area contributed by atoms with Crippen molar-refractivity contribution in [1.29, 1.82) is 0 Å². The molecule has 0 aromatic rings. The van der Waals surface area contributed by atoms with Crippen LogP contribution in [0.1, 0.15) is 32.1 Å². The SMILES string of the molecule is O=C1CCC2CN(CC3CCCNC3)CCC2N1. The number of fused-ring (bicyclic) bond motifs is 1. The van der Waals surface area contributed by atoms with Crippen LogP contribution in [-0.2, 0) is 4.79 Å². The predicted molar refractivity (Wildman–Crippen MR) is 71.3 cm³/mol. The van der Waals surface area contributed by atoms with E-state index in [1.54, 1.807) is 0 Å². The number of hydrogen-bond acceptors (Lipinski definition) is 3. The Balaban J connectivity index is 1.49. The second-order valence-electron chi connectivity index (χ2n) is 6.23. The Morgan fingerprint density at radius 2 is 2.22 bits per heavy atom. The standard InChI is InChI=1S/C14H25N3O/c18-14-4-3-12-10-17(7-5-13(12)16-14)9-11-2-1-6-15-8-11/h11-13,15H,1-10H2,(H,16,18). The molecule has 102 valence electrons. The maximum absolute atomic E-state index is 11.4. The summed E-state index contributed by atoms with van der Waals surface area (Å²) in [6.45, 7) is 6.01. The lowest BCUT2D eigenvalue weighted by Gasteiger charge is -2.42. The van der Waals surface area contributed by atoms with Crippen molar-refractivity contribution in [3.8, 4) is 0 Å². The zero-order chi connectivity index (χ0) is 12.4. The van der Waals surface area contributed by atoms with Crippen LogP contribution in [0.2, 0.25) is 0 Å². The first-order valence-corrected chi connectivity index (χ1v) is 7.53. The number of carbonyl (C=O) groups is 1. The second kappa shape index (κ2) is 5.57. The predicted octanol–water partition coefficient (Wildman–Crippen LogP) is 0.587. The first kappa shape index (κ1) is 12.4. The molecule has 3 heterocycles. The van der Waals surface area contributed by atoms with Crippen LogP contribution in [-0.4, -0.2) is 49.6 Å². The second-order valence-corrected chi connectivity index (χ2v) is 6.23. The Bertz CT molecular complexity index is 301. The van der Waals surface area contributed by atoms with E-state index in [0.717, 1.165) is 31.7 Å². The summed E-state index contributed by atoms with van der Waals surface area (Å²) in [6, 6.07) is 0.465. The minimum Gasteiger partial charge on any atom is -0.353 e. The Morgan fingerprint density at radius 3 is 3.06 bits per heavy atom. The molecule has 0 aromatic heterocycles. The van der Waals surface area contributed by atoms with Gasteiger partial charge in [0.15, 0.2) is 0 Å². The van der Waals surface area contributed by atoms with E-state index in [9.17, 15) is 4.79 Å². The van der Waals surface area contributed by atoms with Gasteiger partial charge in [0.05, 0.1) is 0 Å². The number of rotatable bonds is 2. The molecule has 0 bridgehead atoms. The normalized spacial score (nSPS) is 38.0. The molecule has 4 nitrogen and oxygen atoms in total. The van der Waals surface area contributed by atoms with Gasteiger partial charge >= 0.3 is 0 Å². The van der Waals surface area contributed by atoms with Gasteiger partial charge in [-0.15, -0.1) is 0 Å². The van der Waals surface area contributed by atoms with Crippen molar-refractivity contribution >= 4 is 5.91 Å². The monoisotopic (exact) mass is 251 g/mol. The Hall–Kier alpha value is -0.610. The van der Waals surface area contributed by atoms with Gasteiger partial charge in [-0.25, -0.2) is 0 Å². The highest BCUT2D eigenvalue weighted by atomic mass is 16.1. The van der Waals surface area contributed by atoms with E-state index < -0.39 is 0 Å². The Kier molecular flexibility index (Phi) is 3.85. The zero-order valence-electron chi connectivity index (χ0n) is 11.2. The number of nitrogens with zero attached hydrogens (tertiary/aromatic N) is 1. The summed E-state index contributed by atoms with van der Waals surface area (Å²) in [7, 11) is 0. The average molecular weight is 251 g/mol. The summed E-state index contributed by atoms with van der Waals surface area (Å²) < 4.78 is 0. The summed E-state index contributed by atoms with van der Waals surface area (Å²) >= 11 is 0. The van der Waals surface area contributed by atoms with E-state index in [-0.39, 0.29) is 5.91 Å². The summed E-state index contributed by atoms with van der Waals surface area (Å²) in [5, 5.41) is 6.67. The maximum Gasteiger partial charge on any atom is 0.220 e. The van der Waals surface area contributed by atoms with E-state index >= 15 is 0 Å². The zero-order valence-corrected chi connectivity index (χ0v) is 11.2. The van der Waals surface area contributed by atoms with Crippen LogP contribution in [0.15, 0.2) is 0 Å². The van der Waals surface area contributed by atoms with Gasteiger partial charge in [0, 0.05) is 32.1 Å². The van der Waals surface area contributed by atoms with Crippen LogP contribution in [0.4, 0.5) is 0 Å². The fourth-order valence-corrected chi connectivity index (χ4v) is 3.80. The maximum atomic E-state index is 11.4. The molecule has 4 heteroatoms. The van der Waals surface area contributed by atoms with E-state index in [4.69, 9.17) is 0 Å². The molecular formula is C14H25N3O. The smallest absolute Gasteiger partial charge is 0.220 e. The van der Waals surface area contributed by atoms with Crippen molar-refractivity contribution in [2.45, 2.75) is 38.1 Å². The van der Waals surface area contributed by atoms with Gasteiger partial charge in [-0.2, -0.15) is 0 Å². The molecule has 2 N–H and O–H groups in total. The number of carbonyl (C=O) groups excluding carboxylic acids is 1. The highest BCUT2D eigenvalue weighted by Gasteiger charge is 2.34. The van der Waals surface area contributed by atoms with Gasteiger partial charge in [0.25, 0.3) is 0 Å². The molecule has 0 radical (unpaired) electrons. The molecule has 0 aromatic carbocycles. The highest BCUT2D eigenvalue weighted by molar-refractivity contribution is 5.77. The number of amides is 1. The molecule has 0 spiro atoms. The lowest BCUT2D eigenvalue weighted by molar-refractivity contribution is -0.125. The third-order valence-electron chi connectivity index (χ3n) is 4.82. The molecular weight excluding hydrogens is 226 g/mol. The lowest BCUT2D eigenvalue weighted by Crippen LogP contribution is -2.55.